The van der Waals surface area contributed by atoms with Gasteiger partial charge < -0.3 is 4.74 Å². The lowest BCUT2D eigenvalue weighted by molar-refractivity contribution is 0.414. The van der Waals surface area contributed by atoms with Gasteiger partial charge in [0.1, 0.15) is 5.75 Å². The van der Waals surface area contributed by atoms with Crippen molar-refractivity contribution in [2.45, 2.75) is 29.7 Å². The van der Waals surface area contributed by atoms with Gasteiger partial charge in [-0.05, 0) is 29.8 Å². The zero-order valence-corrected chi connectivity index (χ0v) is 17.1. The lowest BCUT2D eigenvalue weighted by Gasteiger charge is -2.18. The molecule has 0 unspecified atom stereocenters. The second-order valence-corrected chi connectivity index (χ2v) is 8.69. The van der Waals surface area contributed by atoms with Crippen molar-refractivity contribution < 1.29 is 13.2 Å². The number of nitrogens with zero attached hydrogens (tertiary/aromatic N) is 4. The molecule has 0 aliphatic carbocycles. The Morgan fingerprint density at radius 1 is 1.15 bits per heavy atom. The number of thioether (sulfide) groups is 1. The molecule has 0 fully saturated rings. The molecule has 1 aromatic carbocycles. The van der Waals surface area contributed by atoms with Gasteiger partial charge in [-0.1, -0.05) is 37.7 Å². The summed E-state index contributed by atoms with van der Waals surface area (Å²) < 4.78 is 33.9. The van der Waals surface area contributed by atoms with E-state index in [2.05, 4.69) is 10.2 Å². The quantitative estimate of drug-likeness (QED) is 0.535. The summed E-state index contributed by atoms with van der Waals surface area (Å²) in [7, 11) is -1.90. The molecule has 3 rings (SSSR count). The van der Waals surface area contributed by atoms with Gasteiger partial charge in [-0.25, -0.2) is 8.42 Å². The largest absolute Gasteiger partial charge is 0.497 e. The van der Waals surface area contributed by atoms with Crippen LogP contribution in [0.5, 0.6) is 5.75 Å². The van der Waals surface area contributed by atoms with Gasteiger partial charge in [-0.15, -0.1) is 10.2 Å². The molecule has 0 spiro atoms. The van der Waals surface area contributed by atoms with E-state index in [-0.39, 0.29) is 4.90 Å². The van der Waals surface area contributed by atoms with E-state index in [9.17, 15) is 8.42 Å². The van der Waals surface area contributed by atoms with Crippen LogP contribution >= 0.6 is 11.8 Å². The molecule has 144 valence electrons. The van der Waals surface area contributed by atoms with Gasteiger partial charge in [-0.2, -0.15) is 4.31 Å². The van der Waals surface area contributed by atoms with Crippen molar-refractivity contribution in [1.29, 1.82) is 0 Å². The maximum atomic E-state index is 12.8. The molecule has 0 amide bonds. The Bertz CT molecular complexity index is 1030. The van der Waals surface area contributed by atoms with Crippen LogP contribution in [-0.4, -0.2) is 47.5 Å². The molecule has 0 saturated heterocycles. The van der Waals surface area contributed by atoms with Crippen LogP contribution in [0.1, 0.15) is 19.4 Å². The van der Waals surface area contributed by atoms with Crippen LogP contribution in [0, 0.1) is 0 Å². The van der Waals surface area contributed by atoms with Crippen molar-refractivity contribution in [3.8, 4) is 5.75 Å². The Kier molecular flexibility index (Phi) is 6.03. The molecular formula is C18H22N4O3S2. The minimum atomic E-state index is -3.53. The average molecular weight is 407 g/mol. The number of ether oxygens (including phenoxy) is 1. The number of benzene rings is 1. The fraction of sp³-hybridized carbons (Fsp3) is 0.333. The number of rotatable bonds is 8. The van der Waals surface area contributed by atoms with Crippen molar-refractivity contribution in [3.63, 3.8) is 0 Å². The number of hydrogen-bond acceptors (Lipinski definition) is 6. The van der Waals surface area contributed by atoms with Crippen molar-refractivity contribution in [3.05, 3.63) is 48.2 Å². The van der Waals surface area contributed by atoms with Gasteiger partial charge in [-0.3, -0.25) is 4.40 Å². The molecule has 2 heterocycles. The Morgan fingerprint density at radius 3 is 2.63 bits per heavy atom. The van der Waals surface area contributed by atoms with Gasteiger partial charge in [0.2, 0.25) is 10.0 Å². The fourth-order valence-electron chi connectivity index (χ4n) is 2.72. The van der Waals surface area contributed by atoms with Crippen LogP contribution in [0.15, 0.2) is 52.6 Å². The highest BCUT2D eigenvalue weighted by Gasteiger charge is 2.22. The molecule has 7 nitrogen and oxygen atoms in total. The maximum Gasteiger partial charge on any atom is 0.244 e. The number of fused-ring (bicyclic) bond motifs is 1. The highest BCUT2D eigenvalue weighted by atomic mass is 32.2. The molecule has 0 aliphatic rings. The van der Waals surface area contributed by atoms with E-state index in [1.165, 1.54) is 16.1 Å². The molecule has 3 aromatic rings. The lowest BCUT2D eigenvalue weighted by atomic mass is 10.2. The molecule has 0 N–H and O–H groups in total. The topological polar surface area (TPSA) is 76.8 Å². The normalized spacial score (nSPS) is 12.0. The van der Waals surface area contributed by atoms with Crippen molar-refractivity contribution in [2.24, 2.45) is 0 Å². The summed E-state index contributed by atoms with van der Waals surface area (Å²) >= 11 is 1.49. The molecule has 0 radical (unpaired) electrons. The van der Waals surface area contributed by atoms with Crippen molar-refractivity contribution >= 4 is 27.4 Å². The Morgan fingerprint density at radius 2 is 1.93 bits per heavy atom. The summed E-state index contributed by atoms with van der Waals surface area (Å²) in [4.78, 5) is 0.238. The molecule has 0 bridgehead atoms. The Labute approximate surface area is 163 Å². The second kappa shape index (κ2) is 8.28. The highest BCUT2D eigenvalue weighted by molar-refractivity contribution is 7.98. The molecule has 27 heavy (non-hydrogen) atoms. The predicted molar refractivity (Wildman–Crippen MR) is 106 cm³/mol. The zero-order valence-electron chi connectivity index (χ0n) is 15.5. The van der Waals surface area contributed by atoms with E-state index in [0.717, 1.165) is 11.3 Å². The minimum absolute atomic E-state index is 0.238. The summed E-state index contributed by atoms with van der Waals surface area (Å²) in [6.07, 6.45) is 1.59. The first kappa shape index (κ1) is 19.7. The maximum absolute atomic E-state index is 12.8. The van der Waals surface area contributed by atoms with Gasteiger partial charge in [0, 0.05) is 25.0 Å². The summed E-state index contributed by atoms with van der Waals surface area (Å²) in [6.45, 7) is 4.51. The number of sulfonamides is 1. The van der Waals surface area contributed by atoms with Gasteiger partial charge in [0.15, 0.2) is 10.8 Å². The molecule has 0 atom stereocenters. The third kappa shape index (κ3) is 4.10. The average Bonchev–Trinajstić information content (AvgIpc) is 3.09. The van der Waals surface area contributed by atoms with Crippen LogP contribution in [0.3, 0.4) is 0 Å². The predicted octanol–water partition coefficient (Wildman–Crippen LogP) is 3.06. The minimum Gasteiger partial charge on any atom is -0.497 e. The second-order valence-electron chi connectivity index (χ2n) is 5.81. The van der Waals surface area contributed by atoms with Crippen LogP contribution in [0.25, 0.3) is 5.65 Å². The van der Waals surface area contributed by atoms with E-state index in [1.54, 1.807) is 29.8 Å². The molecule has 2 aromatic heterocycles. The van der Waals surface area contributed by atoms with E-state index in [1.807, 2.05) is 38.1 Å². The SMILES string of the molecule is CCN(CC)S(=O)(=O)c1ccc2nnc(SCc3cccc(OC)c3)n2c1. The molecule has 0 aliphatic heterocycles. The highest BCUT2D eigenvalue weighted by Crippen LogP contribution is 2.25. The first-order valence-electron chi connectivity index (χ1n) is 8.60. The number of methoxy groups -OCH3 is 1. The summed E-state index contributed by atoms with van der Waals surface area (Å²) in [5, 5.41) is 8.97. The summed E-state index contributed by atoms with van der Waals surface area (Å²) in [6, 6.07) is 11.1. The van der Waals surface area contributed by atoms with Gasteiger partial charge in [0.05, 0.1) is 12.0 Å². The monoisotopic (exact) mass is 406 g/mol. The fourth-order valence-corrected chi connectivity index (χ4v) is 5.04. The van der Waals surface area contributed by atoms with Crippen LogP contribution in [-0.2, 0) is 15.8 Å². The standard InChI is InChI=1S/C18H22N4O3S2/c1-4-21(5-2)27(23,24)16-9-10-17-19-20-18(22(17)12-16)26-13-14-7-6-8-15(11-14)25-3/h6-12H,4-5,13H2,1-3H3. The lowest BCUT2D eigenvalue weighted by Crippen LogP contribution is -2.30. The first-order chi connectivity index (χ1) is 13.0. The number of hydrogen-bond donors (Lipinski definition) is 0. The van der Waals surface area contributed by atoms with E-state index in [0.29, 0.717) is 29.6 Å². The smallest absolute Gasteiger partial charge is 0.244 e. The van der Waals surface area contributed by atoms with Gasteiger partial charge >= 0.3 is 0 Å². The number of pyridine rings is 1. The third-order valence-corrected chi connectivity index (χ3v) is 7.24. The van der Waals surface area contributed by atoms with Gasteiger partial charge in [0.25, 0.3) is 0 Å². The molecule has 9 heteroatoms. The van der Waals surface area contributed by atoms with Crippen LogP contribution < -0.4 is 4.74 Å². The Hall–Kier alpha value is -2.10. The summed E-state index contributed by atoms with van der Waals surface area (Å²) in [5.41, 5.74) is 1.70. The first-order valence-corrected chi connectivity index (χ1v) is 11.0. The molecular weight excluding hydrogens is 384 g/mol. The van der Waals surface area contributed by atoms with Crippen molar-refractivity contribution in [2.75, 3.05) is 20.2 Å². The molecule has 0 saturated carbocycles. The van der Waals surface area contributed by atoms with Crippen LogP contribution in [0.2, 0.25) is 0 Å². The number of aromatic nitrogens is 3. The van der Waals surface area contributed by atoms with E-state index < -0.39 is 10.0 Å². The zero-order chi connectivity index (χ0) is 19.4. The van der Waals surface area contributed by atoms with E-state index in [4.69, 9.17) is 4.74 Å². The van der Waals surface area contributed by atoms with Crippen LogP contribution in [0.4, 0.5) is 0 Å². The van der Waals surface area contributed by atoms with Crippen molar-refractivity contribution in [1.82, 2.24) is 18.9 Å². The third-order valence-electron chi connectivity index (χ3n) is 4.19. The van der Waals surface area contributed by atoms with E-state index >= 15 is 0 Å². The Balaban J connectivity index is 1.89. The summed E-state index contributed by atoms with van der Waals surface area (Å²) in [5.74, 6) is 1.47.